The number of fused-ring (bicyclic) bond motifs is 1. The number of rotatable bonds is 6. The van der Waals surface area contributed by atoms with Crippen molar-refractivity contribution in [2.45, 2.75) is 57.4 Å². The highest BCUT2D eigenvalue weighted by atomic mass is 31.2. The van der Waals surface area contributed by atoms with Crippen LogP contribution in [0.1, 0.15) is 45.7 Å². The van der Waals surface area contributed by atoms with Gasteiger partial charge in [-0.05, 0) is 33.6 Å². The van der Waals surface area contributed by atoms with Crippen molar-refractivity contribution >= 4 is 30.5 Å². The molecule has 0 bridgehead atoms. The summed E-state index contributed by atoms with van der Waals surface area (Å²) in [6.07, 6.45) is 1.39. The van der Waals surface area contributed by atoms with Crippen LogP contribution in [0.25, 0.3) is 11.2 Å². The molecule has 1 saturated heterocycles. The number of hydrogen-bond donors (Lipinski definition) is 3. The van der Waals surface area contributed by atoms with Crippen LogP contribution in [-0.2, 0) is 23.6 Å². The fourth-order valence-corrected chi connectivity index (χ4v) is 3.67. The third-order valence-corrected chi connectivity index (χ3v) is 5.27. The Balaban J connectivity index is 1.69. The first-order valence-corrected chi connectivity index (χ1v) is 11.0. The van der Waals surface area contributed by atoms with E-state index < -0.39 is 37.3 Å². The van der Waals surface area contributed by atoms with Gasteiger partial charge in [-0.3, -0.25) is 9.13 Å². The predicted octanol–water partition coefficient (Wildman–Crippen LogP) is 0.820. The maximum absolute atomic E-state index is 12.2. The smallest absolute Gasteiger partial charge is 0.365 e. The number of nitrogens with two attached hydrogens (primary N) is 1. The number of nitriles is 1. The number of anilines is 1. The van der Waals surface area contributed by atoms with Crippen molar-refractivity contribution in [3.8, 4) is 6.07 Å². The van der Waals surface area contributed by atoms with Gasteiger partial charge in [0.2, 0.25) is 5.82 Å². The molecule has 1 aliphatic rings. The molecular weight excluding hydrogens is 431 g/mol. The summed E-state index contributed by atoms with van der Waals surface area (Å²) in [5.41, 5.74) is 5.53. The van der Waals surface area contributed by atoms with Crippen LogP contribution in [0.3, 0.4) is 0 Å². The molecule has 2 aromatic rings. The van der Waals surface area contributed by atoms with E-state index in [0.717, 1.165) is 0 Å². The van der Waals surface area contributed by atoms with Gasteiger partial charge in [-0.2, -0.15) is 15.2 Å². The minimum atomic E-state index is -4.91. The quantitative estimate of drug-likeness (QED) is 0.411. The molecule has 13 nitrogen and oxygen atoms in total. The van der Waals surface area contributed by atoms with Crippen molar-refractivity contribution in [3.05, 3.63) is 12.2 Å². The highest BCUT2D eigenvalue weighted by molar-refractivity contribution is 7.53. The van der Waals surface area contributed by atoms with E-state index in [1.165, 1.54) is 6.33 Å². The van der Waals surface area contributed by atoms with Gasteiger partial charge >= 0.3 is 13.6 Å². The number of esters is 1. The van der Waals surface area contributed by atoms with E-state index in [1.54, 1.807) is 25.3 Å². The number of carbonyl (C=O) groups is 1. The van der Waals surface area contributed by atoms with E-state index in [0.29, 0.717) is 24.0 Å². The molecule has 0 saturated carbocycles. The average Bonchev–Trinajstić information content (AvgIpc) is 3.25. The Kier molecular flexibility index (Phi) is 6.31. The molecule has 0 spiro atoms. The number of carbonyl (C=O) groups excluding carboxylic acids is 1. The van der Waals surface area contributed by atoms with Crippen molar-refractivity contribution in [3.63, 3.8) is 0 Å². The van der Waals surface area contributed by atoms with Crippen LogP contribution in [0.5, 0.6) is 0 Å². The van der Waals surface area contributed by atoms with Gasteiger partial charge in [-0.25, -0.2) is 9.78 Å². The van der Waals surface area contributed by atoms with E-state index in [1.807, 2.05) is 6.07 Å². The largest absolute Gasteiger partial charge is 0.458 e. The van der Waals surface area contributed by atoms with Gasteiger partial charge in [0.15, 0.2) is 11.5 Å². The summed E-state index contributed by atoms with van der Waals surface area (Å²) in [6, 6.07) is 1.83. The number of nitrogens with zero attached hydrogens (tertiary/aromatic N) is 5. The van der Waals surface area contributed by atoms with Gasteiger partial charge in [0.05, 0.1) is 19.0 Å². The molecule has 0 amide bonds. The molecule has 0 radical (unpaired) electrons. The van der Waals surface area contributed by atoms with E-state index in [2.05, 4.69) is 15.0 Å². The van der Waals surface area contributed by atoms with E-state index in [9.17, 15) is 19.1 Å². The molecular formula is C17H23N6O7P. The normalized spacial score (nSPS) is 20.5. The first kappa shape index (κ1) is 23.1. The summed E-state index contributed by atoms with van der Waals surface area (Å²) in [7, 11) is -4.91. The molecule has 3 rings (SSSR count). The summed E-state index contributed by atoms with van der Waals surface area (Å²) >= 11 is 0. The predicted molar refractivity (Wildman–Crippen MR) is 105 cm³/mol. The van der Waals surface area contributed by atoms with Crippen LogP contribution in [0, 0.1) is 11.3 Å². The Labute approximate surface area is 177 Å². The molecule has 1 aliphatic heterocycles. The number of aromatic nitrogens is 4. The minimum Gasteiger partial charge on any atom is -0.458 e. The lowest BCUT2D eigenvalue weighted by atomic mass is 10.2. The molecule has 1 fully saturated rings. The van der Waals surface area contributed by atoms with Crippen molar-refractivity contribution in [1.29, 1.82) is 5.26 Å². The van der Waals surface area contributed by atoms with Crippen molar-refractivity contribution in [2.75, 3.05) is 12.3 Å². The maximum atomic E-state index is 12.2. The summed E-state index contributed by atoms with van der Waals surface area (Å²) in [4.78, 5) is 43.3. The minimum absolute atomic E-state index is 0.0695. The monoisotopic (exact) mass is 454 g/mol. The number of nitrogen functional groups attached to an aromatic ring is 1. The van der Waals surface area contributed by atoms with E-state index in [4.69, 9.17) is 25.2 Å². The van der Waals surface area contributed by atoms with Crippen molar-refractivity contribution < 1.29 is 33.4 Å². The van der Waals surface area contributed by atoms with Gasteiger partial charge in [-0.1, -0.05) is 0 Å². The molecule has 0 aliphatic carbocycles. The van der Waals surface area contributed by atoms with Crippen LogP contribution >= 0.6 is 7.60 Å². The molecule has 31 heavy (non-hydrogen) atoms. The number of hydrogen-bond acceptors (Lipinski definition) is 10. The third kappa shape index (κ3) is 5.36. The Bertz CT molecular complexity index is 1070. The Hall–Kier alpha value is -2.62. The van der Waals surface area contributed by atoms with Crippen LogP contribution in [-0.4, -0.2) is 59.4 Å². The molecule has 0 unspecified atom stereocenters. The molecule has 0 aromatic carbocycles. The molecule has 2 aromatic heterocycles. The zero-order chi connectivity index (χ0) is 23.0. The SMILES string of the molecule is CC(C)(C)OC(=O)[C@H](OC[C@@H]1CC[C@H](n2cnc3c(N)nc(C#N)nc32)O1)P(=O)(O)O. The van der Waals surface area contributed by atoms with Crippen LogP contribution in [0.4, 0.5) is 5.82 Å². The molecule has 4 N–H and O–H groups in total. The standard InChI is InChI=1S/C17H23N6O7P/c1-17(2,3)30-15(24)16(31(25,26)27)28-7-9-4-5-11(29-9)23-8-20-12-13(19)21-10(6-18)22-14(12)23/h8-9,11,16H,4-5,7H2,1-3H3,(H2,19,21,22)(H2,25,26,27)/t9-,11+,16+/m0/s1. The lowest BCUT2D eigenvalue weighted by Gasteiger charge is -2.25. The van der Waals surface area contributed by atoms with Gasteiger partial charge in [0, 0.05) is 0 Å². The second-order valence-corrected chi connectivity index (χ2v) is 9.61. The summed E-state index contributed by atoms with van der Waals surface area (Å²) in [5, 5.41) is 9.05. The lowest BCUT2D eigenvalue weighted by molar-refractivity contribution is -0.165. The van der Waals surface area contributed by atoms with Gasteiger partial charge in [-0.15, -0.1) is 0 Å². The Morgan fingerprint density at radius 3 is 2.77 bits per heavy atom. The van der Waals surface area contributed by atoms with Gasteiger partial charge in [0.1, 0.15) is 23.4 Å². The molecule has 14 heteroatoms. The molecule has 168 valence electrons. The maximum Gasteiger partial charge on any atom is 0.365 e. The van der Waals surface area contributed by atoms with E-state index >= 15 is 0 Å². The van der Waals surface area contributed by atoms with Crippen LogP contribution in [0.15, 0.2) is 6.33 Å². The average molecular weight is 454 g/mol. The Morgan fingerprint density at radius 2 is 2.16 bits per heavy atom. The van der Waals surface area contributed by atoms with Crippen LogP contribution in [0.2, 0.25) is 0 Å². The number of ether oxygens (including phenoxy) is 3. The molecule has 3 atom stereocenters. The summed E-state index contributed by atoms with van der Waals surface area (Å²) < 4.78 is 29.5. The topological polar surface area (TPSA) is 196 Å². The fourth-order valence-electron chi connectivity index (χ4n) is 3.07. The highest BCUT2D eigenvalue weighted by Crippen LogP contribution is 2.43. The highest BCUT2D eigenvalue weighted by Gasteiger charge is 2.41. The summed E-state index contributed by atoms with van der Waals surface area (Å²) in [5.74, 6) is -3.23. The lowest BCUT2D eigenvalue weighted by Crippen LogP contribution is -2.35. The van der Waals surface area contributed by atoms with Gasteiger partial charge in [0.25, 0.3) is 5.85 Å². The third-order valence-electron chi connectivity index (χ3n) is 4.30. The zero-order valence-corrected chi connectivity index (χ0v) is 18.0. The van der Waals surface area contributed by atoms with Crippen LogP contribution < -0.4 is 5.73 Å². The molecule has 3 heterocycles. The fraction of sp³-hybridized carbons (Fsp3) is 0.588. The summed E-state index contributed by atoms with van der Waals surface area (Å²) in [6.45, 7) is 4.50. The first-order chi connectivity index (χ1) is 14.4. The second-order valence-electron chi connectivity index (χ2n) is 7.97. The van der Waals surface area contributed by atoms with E-state index in [-0.39, 0.29) is 18.2 Å². The Morgan fingerprint density at radius 1 is 1.45 bits per heavy atom. The number of imidazole rings is 1. The first-order valence-electron chi connectivity index (χ1n) is 9.34. The van der Waals surface area contributed by atoms with Crippen molar-refractivity contribution in [1.82, 2.24) is 19.5 Å². The zero-order valence-electron chi connectivity index (χ0n) is 17.1. The second kappa shape index (κ2) is 8.49. The van der Waals surface area contributed by atoms with Gasteiger partial charge < -0.3 is 29.7 Å². The van der Waals surface area contributed by atoms with Crippen molar-refractivity contribution in [2.24, 2.45) is 0 Å².